The van der Waals surface area contributed by atoms with E-state index in [9.17, 15) is 9.59 Å². The predicted molar refractivity (Wildman–Crippen MR) is 125 cm³/mol. The van der Waals surface area contributed by atoms with Crippen LogP contribution in [0.4, 0.5) is 4.79 Å². The fraction of sp³-hybridized carbons (Fsp3) is 0.435. The predicted octanol–water partition coefficient (Wildman–Crippen LogP) is 3.67. The number of hydrogen-bond acceptors (Lipinski definition) is 6. The zero-order chi connectivity index (χ0) is 24.2. The van der Waals surface area contributed by atoms with Crippen LogP contribution in [0.1, 0.15) is 55.5 Å². The van der Waals surface area contributed by atoms with Gasteiger partial charge in [-0.25, -0.2) is 14.3 Å². The van der Waals surface area contributed by atoms with Gasteiger partial charge in [0, 0.05) is 29.4 Å². The zero-order valence-electron chi connectivity index (χ0n) is 19.5. The van der Waals surface area contributed by atoms with Gasteiger partial charge >= 0.3 is 6.09 Å². The quantitative estimate of drug-likeness (QED) is 0.542. The molecular weight excluding hydrogens is 444 g/mol. The number of alkyl carbamates (subject to hydrolysis) is 1. The molecule has 2 N–H and O–H groups in total. The van der Waals surface area contributed by atoms with Crippen LogP contribution in [0, 0.1) is 13.8 Å². The summed E-state index contributed by atoms with van der Waals surface area (Å²) in [4.78, 5) is 33.2. The van der Waals surface area contributed by atoms with Gasteiger partial charge in [0.25, 0.3) is 5.78 Å². The monoisotopic (exact) mass is 472 g/mol. The van der Waals surface area contributed by atoms with Gasteiger partial charge < -0.3 is 15.4 Å². The average Bonchev–Trinajstić information content (AvgIpc) is 3.13. The highest BCUT2D eigenvalue weighted by atomic mass is 35.5. The van der Waals surface area contributed by atoms with E-state index in [1.54, 1.807) is 31.4 Å². The van der Waals surface area contributed by atoms with Crippen LogP contribution in [0.2, 0.25) is 5.02 Å². The molecule has 9 nitrogen and oxygen atoms in total. The maximum absolute atomic E-state index is 12.4. The molecule has 0 aliphatic heterocycles. The molecule has 0 bridgehead atoms. The number of ether oxygens (including phenoxy) is 1. The second-order valence-electron chi connectivity index (χ2n) is 8.72. The number of nitrogens with one attached hydrogen (secondary N) is 2. The van der Waals surface area contributed by atoms with Crippen LogP contribution < -0.4 is 10.6 Å². The number of aryl methyl sites for hydroxylation is 2. The smallest absolute Gasteiger partial charge is 0.408 e. The van der Waals surface area contributed by atoms with Gasteiger partial charge in [0.05, 0.1) is 6.54 Å². The first-order chi connectivity index (χ1) is 15.5. The van der Waals surface area contributed by atoms with Gasteiger partial charge in [-0.2, -0.15) is 4.98 Å². The molecule has 0 aliphatic carbocycles. The van der Waals surface area contributed by atoms with Crippen LogP contribution in [0.5, 0.6) is 0 Å². The Morgan fingerprint density at radius 1 is 1.09 bits per heavy atom. The third-order valence-electron chi connectivity index (χ3n) is 4.92. The van der Waals surface area contributed by atoms with E-state index in [0.717, 1.165) is 22.5 Å². The zero-order valence-corrected chi connectivity index (χ0v) is 20.3. The van der Waals surface area contributed by atoms with Crippen molar-refractivity contribution in [3.63, 3.8) is 0 Å². The summed E-state index contributed by atoms with van der Waals surface area (Å²) in [5, 5.41) is 10.6. The van der Waals surface area contributed by atoms with Crippen molar-refractivity contribution in [1.29, 1.82) is 0 Å². The number of carbonyl (C=O) groups excluding carboxylic acids is 2. The minimum Gasteiger partial charge on any atom is -0.444 e. The van der Waals surface area contributed by atoms with Gasteiger partial charge in [-0.1, -0.05) is 29.8 Å². The average molecular weight is 473 g/mol. The number of hydrogen-bond donors (Lipinski definition) is 2. The molecule has 33 heavy (non-hydrogen) atoms. The summed E-state index contributed by atoms with van der Waals surface area (Å²) in [5.41, 5.74) is 2.87. The van der Waals surface area contributed by atoms with E-state index < -0.39 is 11.7 Å². The van der Waals surface area contributed by atoms with Crippen molar-refractivity contribution in [3.05, 3.63) is 57.6 Å². The Balaban J connectivity index is 1.63. The van der Waals surface area contributed by atoms with Gasteiger partial charge in [-0.05, 0) is 58.2 Å². The summed E-state index contributed by atoms with van der Waals surface area (Å²) in [6, 6.07) is 7.42. The minimum atomic E-state index is -0.583. The van der Waals surface area contributed by atoms with E-state index in [4.69, 9.17) is 16.3 Å². The topological polar surface area (TPSA) is 111 Å². The number of nitrogens with zero attached hydrogens (tertiary/aromatic N) is 4. The SMILES string of the molecule is Cc1nc2nc(CNC(=O)OC(C)(C)C)nn2c(C)c1CCC(=O)NCc1ccccc1Cl. The van der Waals surface area contributed by atoms with E-state index in [0.29, 0.717) is 36.0 Å². The molecule has 0 aliphatic rings. The molecule has 0 atom stereocenters. The number of amides is 2. The van der Waals surface area contributed by atoms with Crippen molar-refractivity contribution in [3.8, 4) is 0 Å². The lowest BCUT2D eigenvalue weighted by molar-refractivity contribution is -0.121. The lowest BCUT2D eigenvalue weighted by Gasteiger charge is -2.19. The van der Waals surface area contributed by atoms with Crippen molar-refractivity contribution >= 4 is 29.4 Å². The Kier molecular flexibility index (Phi) is 7.53. The molecule has 10 heteroatoms. The highest BCUT2D eigenvalue weighted by Crippen LogP contribution is 2.17. The van der Waals surface area contributed by atoms with Crippen LogP contribution in [-0.2, 0) is 29.0 Å². The Hall–Kier alpha value is -3.20. The molecule has 3 rings (SSSR count). The molecule has 2 amide bonds. The molecule has 2 aromatic heterocycles. The van der Waals surface area contributed by atoms with E-state index in [-0.39, 0.29) is 12.5 Å². The highest BCUT2D eigenvalue weighted by Gasteiger charge is 2.18. The normalized spacial score (nSPS) is 11.5. The minimum absolute atomic E-state index is 0.0744. The summed E-state index contributed by atoms with van der Waals surface area (Å²) in [6.07, 6.45) is 0.284. The summed E-state index contributed by atoms with van der Waals surface area (Å²) in [6.45, 7) is 9.69. The number of fused-ring (bicyclic) bond motifs is 1. The Bertz CT molecular complexity index is 1170. The van der Waals surface area contributed by atoms with Gasteiger partial charge in [0.1, 0.15) is 5.60 Å². The van der Waals surface area contributed by atoms with Gasteiger partial charge in [-0.3, -0.25) is 4.79 Å². The van der Waals surface area contributed by atoms with Crippen molar-refractivity contribution < 1.29 is 14.3 Å². The first-order valence-corrected chi connectivity index (χ1v) is 11.1. The summed E-state index contributed by atoms with van der Waals surface area (Å²) < 4.78 is 6.87. The second-order valence-corrected chi connectivity index (χ2v) is 9.13. The molecule has 0 fully saturated rings. The van der Waals surface area contributed by atoms with E-state index in [2.05, 4.69) is 25.7 Å². The number of halogens is 1. The maximum Gasteiger partial charge on any atom is 0.408 e. The fourth-order valence-corrected chi connectivity index (χ4v) is 3.52. The molecule has 1 aromatic carbocycles. The number of benzene rings is 1. The maximum atomic E-state index is 12.4. The molecule has 0 saturated heterocycles. The molecular formula is C23H29ClN6O3. The first kappa shape index (κ1) is 24.4. The van der Waals surface area contributed by atoms with Crippen LogP contribution in [0.3, 0.4) is 0 Å². The highest BCUT2D eigenvalue weighted by molar-refractivity contribution is 6.31. The molecule has 176 valence electrons. The van der Waals surface area contributed by atoms with Gasteiger partial charge in [0.2, 0.25) is 5.91 Å². The van der Waals surface area contributed by atoms with Crippen molar-refractivity contribution in [1.82, 2.24) is 30.2 Å². The summed E-state index contributed by atoms with van der Waals surface area (Å²) >= 11 is 6.14. The van der Waals surface area contributed by atoms with Gasteiger partial charge in [-0.15, -0.1) is 5.10 Å². The molecule has 0 spiro atoms. The van der Waals surface area contributed by atoms with Crippen LogP contribution in [-0.4, -0.2) is 37.2 Å². The summed E-state index contributed by atoms with van der Waals surface area (Å²) in [7, 11) is 0. The van der Waals surface area contributed by atoms with Crippen LogP contribution in [0.15, 0.2) is 24.3 Å². The van der Waals surface area contributed by atoms with E-state index in [1.807, 2.05) is 32.0 Å². The molecule has 3 aromatic rings. The lowest BCUT2D eigenvalue weighted by Crippen LogP contribution is -2.32. The second kappa shape index (κ2) is 10.2. The van der Waals surface area contributed by atoms with E-state index in [1.165, 1.54) is 0 Å². The number of carbonyl (C=O) groups is 2. The molecule has 0 radical (unpaired) electrons. The third-order valence-corrected chi connectivity index (χ3v) is 5.29. The van der Waals surface area contributed by atoms with Crippen molar-refractivity contribution in [2.24, 2.45) is 0 Å². The molecule has 0 unspecified atom stereocenters. The number of aromatic nitrogens is 4. The Morgan fingerprint density at radius 3 is 2.52 bits per heavy atom. The molecule has 0 saturated carbocycles. The lowest BCUT2D eigenvalue weighted by atomic mass is 10.1. The first-order valence-electron chi connectivity index (χ1n) is 10.7. The van der Waals surface area contributed by atoms with Crippen LogP contribution >= 0.6 is 11.6 Å². The summed E-state index contributed by atoms with van der Waals surface area (Å²) in [5.74, 6) is 0.790. The number of rotatable bonds is 7. The Morgan fingerprint density at radius 2 is 1.82 bits per heavy atom. The van der Waals surface area contributed by atoms with E-state index >= 15 is 0 Å². The third kappa shape index (κ3) is 6.64. The Labute approximate surface area is 197 Å². The van der Waals surface area contributed by atoms with Gasteiger partial charge in [0.15, 0.2) is 5.82 Å². The van der Waals surface area contributed by atoms with Crippen LogP contribution in [0.25, 0.3) is 5.78 Å². The van der Waals surface area contributed by atoms with Crippen molar-refractivity contribution in [2.75, 3.05) is 0 Å². The van der Waals surface area contributed by atoms with Crippen molar-refractivity contribution in [2.45, 2.75) is 66.2 Å². The molecule has 2 heterocycles. The fourth-order valence-electron chi connectivity index (χ4n) is 3.31. The standard InChI is InChI=1S/C23H29ClN6O3/c1-14-17(10-11-20(31)25-12-16-8-6-7-9-18(16)24)15(2)30-21(27-14)28-19(29-30)13-26-22(32)33-23(3,4)5/h6-9H,10-13H2,1-5H3,(H,25,31)(H,26,32). The largest absolute Gasteiger partial charge is 0.444 e.